The molecule has 3 nitrogen and oxygen atoms in total. The van der Waals surface area contributed by atoms with Crippen LogP contribution in [0.1, 0.15) is 30.8 Å². The van der Waals surface area contributed by atoms with Crippen molar-refractivity contribution in [1.82, 2.24) is 9.88 Å². The van der Waals surface area contributed by atoms with Crippen molar-refractivity contribution < 1.29 is 0 Å². The van der Waals surface area contributed by atoms with Gasteiger partial charge in [0.1, 0.15) is 0 Å². The van der Waals surface area contributed by atoms with Crippen LogP contribution in [0.25, 0.3) is 0 Å². The first-order valence-electron chi connectivity index (χ1n) is 6.25. The van der Waals surface area contributed by atoms with E-state index < -0.39 is 0 Å². The molecule has 1 atom stereocenters. The zero-order valence-electron chi connectivity index (χ0n) is 10.1. The van der Waals surface area contributed by atoms with E-state index in [1.165, 1.54) is 41.6 Å². The third-order valence-corrected chi connectivity index (χ3v) is 5.00. The second kappa shape index (κ2) is 4.00. The van der Waals surface area contributed by atoms with Crippen molar-refractivity contribution in [1.29, 1.82) is 0 Å². The molecule has 88 valence electrons. The number of fused-ring (bicyclic) bond motifs is 1. The maximum absolute atomic E-state index is 4.82. The van der Waals surface area contributed by atoms with Gasteiger partial charge in [0.25, 0.3) is 0 Å². The van der Waals surface area contributed by atoms with Gasteiger partial charge in [0.15, 0.2) is 5.13 Å². The summed E-state index contributed by atoms with van der Waals surface area (Å²) in [6, 6.07) is 0.704. The van der Waals surface area contributed by atoms with E-state index in [9.17, 15) is 0 Å². The molecule has 1 fully saturated rings. The van der Waals surface area contributed by atoms with Gasteiger partial charge in [-0.25, -0.2) is 4.98 Å². The van der Waals surface area contributed by atoms with Gasteiger partial charge < -0.3 is 4.90 Å². The Balaban J connectivity index is 1.81. The van der Waals surface area contributed by atoms with E-state index in [2.05, 4.69) is 23.6 Å². The van der Waals surface area contributed by atoms with E-state index in [1.54, 1.807) is 0 Å². The van der Waals surface area contributed by atoms with Crippen LogP contribution in [0.15, 0.2) is 0 Å². The summed E-state index contributed by atoms with van der Waals surface area (Å²) in [5.41, 5.74) is 1.34. The van der Waals surface area contributed by atoms with Gasteiger partial charge in [-0.2, -0.15) is 0 Å². The van der Waals surface area contributed by atoms with Crippen LogP contribution in [-0.2, 0) is 13.0 Å². The highest BCUT2D eigenvalue weighted by Crippen LogP contribution is 2.34. The molecule has 1 aromatic heterocycles. The largest absolute Gasteiger partial charge is 0.345 e. The monoisotopic (exact) mass is 237 g/mol. The zero-order chi connectivity index (χ0) is 11.1. The first-order chi connectivity index (χ1) is 7.78. The fraction of sp³-hybridized carbons (Fsp3) is 0.750. The Labute approximate surface area is 101 Å². The van der Waals surface area contributed by atoms with Crippen LogP contribution in [0.4, 0.5) is 5.13 Å². The topological polar surface area (TPSA) is 19.4 Å². The molecule has 3 heterocycles. The van der Waals surface area contributed by atoms with Gasteiger partial charge in [0, 0.05) is 30.6 Å². The normalized spacial score (nSPS) is 25.4. The fourth-order valence-electron chi connectivity index (χ4n) is 2.43. The predicted octanol–water partition coefficient (Wildman–Crippen LogP) is 2.12. The molecule has 4 heteroatoms. The molecule has 16 heavy (non-hydrogen) atoms. The lowest BCUT2D eigenvalue weighted by atomic mass is 10.1. The average molecular weight is 237 g/mol. The van der Waals surface area contributed by atoms with Crippen molar-refractivity contribution in [3.8, 4) is 0 Å². The molecule has 2 aliphatic rings. The second-order valence-electron chi connectivity index (χ2n) is 4.82. The Morgan fingerprint density at radius 2 is 2.31 bits per heavy atom. The number of likely N-dealkylation sites (N-methyl/N-ethyl adjacent to an activating group) is 1. The fourth-order valence-corrected chi connectivity index (χ4v) is 3.62. The lowest BCUT2D eigenvalue weighted by Crippen LogP contribution is -2.45. The molecule has 0 aliphatic carbocycles. The molecule has 3 rings (SSSR count). The van der Waals surface area contributed by atoms with E-state index in [0.717, 1.165) is 13.1 Å². The van der Waals surface area contributed by atoms with Gasteiger partial charge in [-0.1, -0.05) is 6.92 Å². The molecule has 1 saturated heterocycles. The van der Waals surface area contributed by atoms with E-state index in [1.807, 2.05) is 11.3 Å². The molecule has 0 spiro atoms. The SMILES string of the molecule is CCN1CCc2sc(N3CCC3C)nc2C1. The third kappa shape index (κ3) is 1.64. The highest BCUT2D eigenvalue weighted by Gasteiger charge is 2.28. The lowest BCUT2D eigenvalue weighted by molar-refractivity contribution is 0.266. The molecule has 0 bridgehead atoms. The van der Waals surface area contributed by atoms with E-state index in [-0.39, 0.29) is 0 Å². The van der Waals surface area contributed by atoms with Crippen molar-refractivity contribution in [2.24, 2.45) is 0 Å². The Morgan fingerprint density at radius 1 is 1.44 bits per heavy atom. The summed E-state index contributed by atoms with van der Waals surface area (Å²) in [6.07, 6.45) is 2.52. The molecule has 1 unspecified atom stereocenters. The lowest BCUT2D eigenvalue weighted by Gasteiger charge is -2.38. The summed E-state index contributed by atoms with van der Waals surface area (Å²) in [5, 5.41) is 1.27. The Morgan fingerprint density at radius 3 is 2.94 bits per heavy atom. The molecule has 1 aromatic rings. The minimum atomic E-state index is 0.704. The van der Waals surface area contributed by atoms with Gasteiger partial charge in [-0.15, -0.1) is 11.3 Å². The number of hydrogen-bond donors (Lipinski definition) is 0. The Bertz CT molecular complexity index is 388. The number of anilines is 1. The number of nitrogens with zero attached hydrogens (tertiary/aromatic N) is 3. The Kier molecular flexibility index (Phi) is 2.64. The number of rotatable bonds is 2. The molecule has 0 radical (unpaired) electrons. The molecule has 0 saturated carbocycles. The van der Waals surface area contributed by atoms with Crippen LogP contribution in [0.5, 0.6) is 0 Å². The van der Waals surface area contributed by atoms with E-state index in [4.69, 9.17) is 4.98 Å². The quantitative estimate of drug-likeness (QED) is 0.785. The molecule has 2 aliphatic heterocycles. The molecule has 0 aromatic carbocycles. The zero-order valence-corrected chi connectivity index (χ0v) is 10.9. The number of aromatic nitrogens is 1. The van der Waals surface area contributed by atoms with Crippen molar-refractivity contribution in [3.63, 3.8) is 0 Å². The third-order valence-electron chi connectivity index (χ3n) is 3.81. The highest BCUT2D eigenvalue weighted by molar-refractivity contribution is 7.15. The van der Waals surface area contributed by atoms with Crippen LogP contribution in [0, 0.1) is 0 Å². The van der Waals surface area contributed by atoms with Crippen molar-refractivity contribution in [3.05, 3.63) is 10.6 Å². The highest BCUT2D eigenvalue weighted by atomic mass is 32.1. The van der Waals surface area contributed by atoms with Gasteiger partial charge in [-0.3, -0.25) is 4.90 Å². The number of hydrogen-bond acceptors (Lipinski definition) is 4. The van der Waals surface area contributed by atoms with Crippen LogP contribution in [0.3, 0.4) is 0 Å². The van der Waals surface area contributed by atoms with Crippen LogP contribution >= 0.6 is 11.3 Å². The average Bonchev–Trinajstić information content (AvgIpc) is 2.68. The van der Waals surface area contributed by atoms with Crippen molar-refractivity contribution in [2.75, 3.05) is 24.5 Å². The van der Waals surface area contributed by atoms with E-state index >= 15 is 0 Å². The molecule has 0 amide bonds. The smallest absolute Gasteiger partial charge is 0.186 e. The molecular weight excluding hydrogens is 218 g/mol. The summed E-state index contributed by atoms with van der Waals surface area (Å²) in [6.45, 7) is 9.14. The molecule has 0 N–H and O–H groups in total. The predicted molar refractivity (Wildman–Crippen MR) is 68.2 cm³/mol. The van der Waals surface area contributed by atoms with Gasteiger partial charge in [-0.05, 0) is 26.3 Å². The van der Waals surface area contributed by atoms with Crippen molar-refractivity contribution >= 4 is 16.5 Å². The van der Waals surface area contributed by atoms with Gasteiger partial charge in [0.05, 0.1) is 5.69 Å². The first kappa shape index (κ1) is 10.5. The summed E-state index contributed by atoms with van der Waals surface area (Å²) >= 11 is 1.92. The summed E-state index contributed by atoms with van der Waals surface area (Å²) in [7, 11) is 0. The van der Waals surface area contributed by atoms with E-state index in [0.29, 0.717) is 6.04 Å². The first-order valence-corrected chi connectivity index (χ1v) is 7.07. The van der Waals surface area contributed by atoms with Crippen LogP contribution < -0.4 is 4.90 Å². The standard InChI is InChI=1S/C12H19N3S/c1-3-14-6-5-11-10(8-14)13-12(16-11)15-7-4-9(15)2/h9H,3-8H2,1-2H3. The maximum atomic E-state index is 4.82. The minimum Gasteiger partial charge on any atom is -0.345 e. The Hall–Kier alpha value is -0.610. The van der Waals surface area contributed by atoms with Crippen LogP contribution in [0.2, 0.25) is 0 Å². The summed E-state index contributed by atoms with van der Waals surface area (Å²) in [4.78, 5) is 11.3. The van der Waals surface area contributed by atoms with Crippen molar-refractivity contribution in [2.45, 2.75) is 39.3 Å². The minimum absolute atomic E-state index is 0.704. The van der Waals surface area contributed by atoms with Gasteiger partial charge in [0.2, 0.25) is 0 Å². The van der Waals surface area contributed by atoms with Crippen LogP contribution in [-0.4, -0.2) is 35.6 Å². The summed E-state index contributed by atoms with van der Waals surface area (Å²) < 4.78 is 0. The maximum Gasteiger partial charge on any atom is 0.186 e. The second-order valence-corrected chi connectivity index (χ2v) is 5.88. The van der Waals surface area contributed by atoms with Gasteiger partial charge >= 0.3 is 0 Å². The summed E-state index contributed by atoms with van der Waals surface area (Å²) in [5.74, 6) is 0. The number of thiazole rings is 1. The molecular formula is C12H19N3S.